The quantitative estimate of drug-likeness (QED) is 0.384. The highest BCUT2D eigenvalue weighted by Gasteiger charge is 2.08. The van der Waals surface area contributed by atoms with Gasteiger partial charge < -0.3 is 14.8 Å². The zero-order valence-corrected chi connectivity index (χ0v) is 16.7. The number of ether oxygens (including phenoxy) is 1. The number of benzene rings is 3. The highest BCUT2D eigenvalue weighted by Crippen LogP contribution is 2.26. The fourth-order valence-corrected chi connectivity index (χ4v) is 3.72. The van der Waals surface area contributed by atoms with E-state index in [1.165, 1.54) is 0 Å². The number of aromatic carboxylic acids is 1. The number of aromatic nitrogens is 2. The van der Waals surface area contributed by atoms with Crippen LogP contribution < -0.4 is 4.74 Å². The van der Waals surface area contributed by atoms with Crippen molar-refractivity contribution < 1.29 is 14.6 Å². The summed E-state index contributed by atoms with van der Waals surface area (Å²) in [6.07, 6.45) is 2.69. The van der Waals surface area contributed by atoms with Crippen LogP contribution in [0.4, 0.5) is 0 Å². The van der Waals surface area contributed by atoms with Gasteiger partial charge in [0.25, 0.3) is 0 Å². The summed E-state index contributed by atoms with van der Waals surface area (Å²) in [6, 6.07) is 25.1. The van der Waals surface area contributed by atoms with Crippen LogP contribution in [0.15, 0.2) is 85.1 Å². The molecule has 2 aromatic heterocycles. The largest absolute Gasteiger partial charge is 0.487 e. The number of aromatic amines is 1. The Morgan fingerprint density at radius 1 is 0.968 bits per heavy atom. The molecule has 0 unspecified atom stereocenters. The van der Waals surface area contributed by atoms with E-state index in [0.29, 0.717) is 18.6 Å². The standard InChI is InChI=1S/C26H20N2O3/c29-26(30)19-7-5-17(6-8-19)13-20-15-27-25-12-11-22(14-23(20)25)31-16-21-10-9-18-3-1-2-4-24(18)28-21/h1-12,14-15,27H,13,16H2,(H,29,30). The second kappa shape index (κ2) is 7.95. The molecule has 0 aliphatic rings. The molecule has 0 aliphatic carbocycles. The molecule has 0 saturated carbocycles. The number of rotatable bonds is 6. The van der Waals surface area contributed by atoms with Gasteiger partial charge in [0, 0.05) is 22.5 Å². The summed E-state index contributed by atoms with van der Waals surface area (Å²) >= 11 is 0. The molecule has 0 amide bonds. The molecule has 0 atom stereocenters. The molecule has 3 aromatic carbocycles. The minimum Gasteiger partial charge on any atom is -0.487 e. The predicted molar refractivity (Wildman–Crippen MR) is 121 cm³/mol. The molecule has 5 heteroatoms. The molecule has 0 fully saturated rings. The van der Waals surface area contributed by atoms with Crippen LogP contribution in [0.2, 0.25) is 0 Å². The Bertz CT molecular complexity index is 1390. The van der Waals surface area contributed by atoms with Crippen LogP contribution in [-0.2, 0) is 13.0 Å². The Kier molecular flexibility index (Phi) is 4.84. The minimum atomic E-state index is -0.915. The van der Waals surface area contributed by atoms with E-state index in [1.54, 1.807) is 12.1 Å². The van der Waals surface area contributed by atoms with Crippen LogP contribution in [-0.4, -0.2) is 21.0 Å². The van der Waals surface area contributed by atoms with Crippen molar-refractivity contribution >= 4 is 27.8 Å². The molecule has 0 spiro atoms. The van der Waals surface area contributed by atoms with Crippen molar-refractivity contribution in [3.8, 4) is 5.75 Å². The third kappa shape index (κ3) is 3.98. The number of carboxylic acids is 1. The maximum absolute atomic E-state index is 11.0. The molecular formula is C26H20N2O3. The SMILES string of the molecule is O=C(O)c1ccc(Cc2c[nH]c3ccc(OCc4ccc5ccccc5n4)cc23)cc1. The number of carboxylic acid groups (broad SMARTS) is 1. The van der Waals surface area contributed by atoms with E-state index in [9.17, 15) is 4.79 Å². The number of pyridine rings is 1. The van der Waals surface area contributed by atoms with Crippen LogP contribution in [0.1, 0.15) is 27.2 Å². The van der Waals surface area contributed by atoms with Crippen LogP contribution in [0.3, 0.4) is 0 Å². The van der Waals surface area contributed by atoms with Crippen molar-refractivity contribution in [2.45, 2.75) is 13.0 Å². The van der Waals surface area contributed by atoms with E-state index in [2.05, 4.69) is 16.0 Å². The number of hydrogen-bond acceptors (Lipinski definition) is 3. The monoisotopic (exact) mass is 408 g/mol. The molecule has 152 valence electrons. The molecule has 0 aliphatic heterocycles. The van der Waals surface area contributed by atoms with E-state index < -0.39 is 5.97 Å². The number of H-pyrrole nitrogens is 1. The van der Waals surface area contributed by atoms with E-state index in [4.69, 9.17) is 9.84 Å². The summed E-state index contributed by atoms with van der Waals surface area (Å²) in [4.78, 5) is 19.0. The number of fused-ring (bicyclic) bond motifs is 2. The summed E-state index contributed by atoms with van der Waals surface area (Å²) in [6.45, 7) is 0.396. The Morgan fingerprint density at radius 3 is 2.65 bits per heavy atom. The summed E-state index contributed by atoms with van der Waals surface area (Å²) < 4.78 is 6.02. The van der Waals surface area contributed by atoms with Crippen molar-refractivity contribution in [1.82, 2.24) is 9.97 Å². The van der Waals surface area contributed by atoms with Gasteiger partial charge in [-0.25, -0.2) is 9.78 Å². The number of nitrogens with zero attached hydrogens (tertiary/aromatic N) is 1. The Hall–Kier alpha value is -4.12. The molecule has 0 saturated heterocycles. The molecule has 5 nitrogen and oxygen atoms in total. The maximum atomic E-state index is 11.0. The van der Waals surface area contributed by atoms with Gasteiger partial charge in [0.2, 0.25) is 0 Å². The highest BCUT2D eigenvalue weighted by molar-refractivity contribution is 5.88. The van der Waals surface area contributed by atoms with Crippen LogP contribution in [0.5, 0.6) is 5.75 Å². The minimum absolute atomic E-state index is 0.292. The van der Waals surface area contributed by atoms with E-state index >= 15 is 0 Å². The first-order valence-electron chi connectivity index (χ1n) is 10.1. The molecule has 0 bridgehead atoms. The summed E-state index contributed by atoms with van der Waals surface area (Å²) in [5.74, 6) is -0.133. The fourth-order valence-electron chi connectivity index (χ4n) is 3.72. The lowest BCUT2D eigenvalue weighted by molar-refractivity contribution is 0.0697. The second-order valence-corrected chi connectivity index (χ2v) is 7.48. The van der Waals surface area contributed by atoms with Gasteiger partial charge in [0.15, 0.2) is 0 Å². The van der Waals surface area contributed by atoms with E-state index in [1.807, 2.05) is 66.9 Å². The molecule has 5 rings (SSSR count). The number of para-hydroxylation sites is 1. The molecule has 2 heterocycles. The van der Waals surface area contributed by atoms with Crippen molar-refractivity contribution in [3.63, 3.8) is 0 Å². The lowest BCUT2D eigenvalue weighted by Crippen LogP contribution is -1.98. The van der Waals surface area contributed by atoms with Crippen molar-refractivity contribution in [1.29, 1.82) is 0 Å². The van der Waals surface area contributed by atoms with E-state index in [0.717, 1.165) is 44.4 Å². The second-order valence-electron chi connectivity index (χ2n) is 7.48. The normalized spacial score (nSPS) is 11.1. The molecule has 31 heavy (non-hydrogen) atoms. The summed E-state index contributed by atoms with van der Waals surface area (Å²) in [5, 5.41) is 11.3. The van der Waals surface area contributed by atoms with Crippen molar-refractivity contribution in [2.75, 3.05) is 0 Å². The van der Waals surface area contributed by atoms with Gasteiger partial charge in [-0.3, -0.25) is 0 Å². The topological polar surface area (TPSA) is 75.2 Å². The van der Waals surface area contributed by atoms with Gasteiger partial charge in [-0.15, -0.1) is 0 Å². The predicted octanol–water partition coefficient (Wildman–Crippen LogP) is 5.58. The fraction of sp³-hybridized carbons (Fsp3) is 0.0769. The lowest BCUT2D eigenvalue weighted by Gasteiger charge is -2.08. The summed E-state index contributed by atoms with van der Waals surface area (Å²) in [7, 11) is 0. The van der Waals surface area contributed by atoms with Gasteiger partial charge in [0.1, 0.15) is 12.4 Å². The molecular weight excluding hydrogens is 388 g/mol. The third-order valence-corrected chi connectivity index (χ3v) is 5.38. The third-order valence-electron chi connectivity index (χ3n) is 5.38. The number of carbonyl (C=O) groups is 1. The zero-order valence-electron chi connectivity index (χ0n) is 16.7. The van der Waals surface area contributed by atoms with Gasteiger partial charge in [-0.2, -0.15) is 0 Å². The molecule has 2 N–H and O–H groups in total. The van der Waals surface area contributed by atoms with Crippen LogP contribution >= 0.6 is 0 Å². The maximum Gasteiger partial charge on any atom is 0.335 e. The smallest absolute Gasteiger partial charge is 0.335 e. The van der Waals surface area contributed by atoms with Crippen LogP contribution in [0, 0.1) is 0 Å². The van der Waals surface area contributed by atoms with Crippen LogP contribution in [0.25, 0.3) is 21.8 Å². The Morgan fingerprint density at radius 2 is 1.81 bits per heavy atom. The summed E-state index contributed by atoms with van der Waals surface area (Å²) in [5.41, 5.74) is 5.35. The zero-order chi connectivity index (χ0) is 21.2. The molecule has 0 radical (unpaired) electrons. The Balaban J connectivity index is 1.34. The average molecular weight is 408 g/mol. The Labute approximate surface area is 179 Å². The molecule has 5 aromatic rings. The van der Waals surface area contributed by atoms with Gasteiger partial charge in [-0.05, 0) is 60.0 Å². The van der Waals surface area contributed by atoms with Gasteiger partial charge >= 0.3 is 5.97 Å². The first-order valence-corrected chi connectivity index (χ1v) is 10.1. The van der Waals surface area contributed by atoms with Gasteiger partial charge in [0.05, 0.1) is 16.8 Å². The lowest BCUT2D eigenvalue weighted by atomic mass is 10.0. The van der Waals surface area contributed by atoms with E-state index in [-0.39, 0.29) is 0 Å². The highest BCUT2D eigenvalue weighted by atomic mass is 16.5. The average Bonchev–Trinajstić information content (AvgIpc) is 3.20. The first-order chi connectivity index (χ1) is 15.2. The van der Waals surface area contributed by atoms with Crippen molar-refractivity contribution in [2.24, 2.45) is 0 Å². The first kappa shape index (κ1) is 18.9. The van der Waals surface area contributed by atoms with Crippen molar-refractivity contribution in [3.05, 3.63) is 107 Å². The number of hydrogen-bond donors (Lipinski definition) is 2. The van der Waals surface area contributed by atoms with Gasteiger partial charge in [-0.1, -0.05) is 36.4 Å². The number of nitrogens with one attached hydrogen (secondary N) is 1.